The molecule has 0 atom stereocenters. The van der Waals surface area contributed by atoms with E-state index in [0.717, 1.165) is 12.8 Å². The highest BCUT2D eigenvalue weighted by Crippen LogP contribution is 2.36. The van der Waals surface area contributed by atoms with Gasteiger partial charge in [0.1, 0.15) is 0 Å². The molecule has 0 N–H and O–H groups in total. The van der Waals surface area contributed by atoms with Crippen molar-refractivity contribution in [2.24, 2.45) is 0 Å². The predicted octanol–water partition coefficient (Wildman–Crippen LogP) is 4.85. The van der Waals surface area contributed by atoms with Crippen LogP contribution in [-0.4, -0.2) is 27.3 Å². The molecule has 0 bridgehead atoms. The Labute approximate surface area is 176 Å². The molecule has 0 radical (unpaired) electrons. The van der Waals surface area contributed by atoms with Crippen LogP contribution in [0.25, 0.3) is 0 Å². The molecule has 2 rings (SSSR count). The Kier molecular flexibility index (Phi) is 8.41. The lowest BCUT2D eigenvalue weighted by Gasteiger charge is -2.43. The number of hydrogen-bond acceptors (Lipinski definition) is 3. The van der Waals surface area contributed by atoms with Crippen LogP contribution in [0.4, 0.5) is 0 Å². The van der Waals surface area contributed by atoms with Crippen molar-refractivity contribution in [1.29, 1.82) is 0 Å². The molecule has 0 unspecified atom stereocenters. The molecule has 0 amide bonds. The molecule has 0 spiro atoms. The second kappa shape index (κ2) is 10.6. The number of Topliss-reactive ketones (excluding diaryl/α,β-unsaturated/α-hetero) is 1. The second-order valence-electron chi connectivity index (χ2n) is 8.25. The van der Waals surface area contributed by atoms with E-state index in [1.165, 1.54) is 10.4 Å². The molecule has 0 aliphatic carbocycles. The van der Waals surface area contributed by atoms with E-state index in [2.05, 4.69) is 75.9 Å². The Hall–Kier alpha value is -2.17. The number of ketones is 1. The van der Waals surface area contributed by atoms with Gasteiger partial charge in [0.05, 0.1) is 6.61 Å². The summed E-state index contributed by atoms with van der Waals surface area (Å²) in [5.74, 6) is 0.248. The van der Waals surface area contributed by atoms with Crippen LogP contribution in [0.3, 0.4) is 0 Å². The van der Waals surface area contributed by atoms with Crippen LogP contribution in [0.1, 0.15) is 47.0 Å². The third-order valence-corrected chi connectivity index (χ3v) is 10.2. The van der Waals surface area contributed by atoms with Crippen LogP contribution in [0.15, 0.2) is 73.0 Å². The summed E-state index contributed by atoms with van der Waals surface area (Å²) in [6.45, 7) is 13.5. The SMILES string of the molecule is C=C(OCC)C(=O)CCCCO[Si](c1ccccc1)(c1ccccc1)C(C)(C)C. The van der Waals surface area contributed by atoms with E-state index in [1.807, 2.05) is 19.1 Å². The molecule has 156 valence electrons. The molecule has 0 saturated carbocycles. The zero-order chi connectivity index (χ0) is 21.3. The molecule has 0 saturated heterocycles. The van der Waals surface area contributed by atoms with Gasteiger partial charge in [0.15, 0.2) is 11.5 Å². The normalized spacial score (nSPS) is 11.9. The summed E-state index contributed by atoms with van der Waals surface area (Å²) in [6.07, 6.45) is 2.04. The van der Waals surface area contributed by atoms with E-state index < -0.39 is 8.32 Å². The van der Waals surface area contributed by atoms with Gasteiger partial charge in [-0.3, -0.25) is 4.79 Å². The Morgan fingerprint density at radius 1 is 0.931 bits per heavy atom. The summed E-state index contributed by atoms with van der Waals surface area (Å²) in [7, 11) is -2.49. The van der Waals surface area contributed by atoms with Crippen molar-refractivity contribution in [2.45, 2.75) is 52.0 Å². The van der Waals surface area contributed by atoms with Gasteiger partial charge in [0, 0.05) is 13.0 Å². The Bertz CT molecular complexity index is 739. The van der Waals surface area contributed by atoms with E-state index in [0.29, 0.717) is 19.6 Å². The molecule has 4 heteroatoms. The largest absolute Gasteiger partial charge is 0.491 e. The standard InChI is InChI=1S/C25H34O3Si/c1-6-27-21(2)24(26)19-13-14-20-28-29(25(3,4)5,22-15-9-7-10-16-22)23-17-11-8-12-18-23/h7-12,15-18H,2,6,13-14,19-20H2,1,3-5H3. The summed E-state index contributed by atoms with van der Waals surface area (Å²) in [5, 5.41) is 2.52. The van der Waals surface area contributed by atoms with Gasteiger partial charge in [0.25, 0.3) is 8.32 Å². The maximum atomic E-state index is 12.0. The number of rotatable bonds is 11. The molecule has 0 aliphatic rings. The topological polar surface area (TPSA) is 35.5 Å². The number of benzene rings is 2. The molecular weight excluding hydrogens is 376 g/mol. The summed E-state index contributed by atoms with van der Waals surface area (Å²) in [6, 6.07) is 21.2. The number of hydrogen-bond donors (Lipinski definition) is 0. The Morgan fingerprint density at radius 3 is 1.90 bits per heavy atom. The maximum absolute atomic E-state index is 12.0. The second-order valence-corrected chi connectivity index (χ2v) is 12.6. The third-order valence-electron chi connectivity index (χ3n) is 5.16. The summed E-state index contributed by atoms with van der Waals surface area (Å²) in [4.78, 5) is 12.0. The van der Waals surface area contributed by atoms with Crippen LogP contribution >= 0.6 is 0 Å². The molecule has 29 heavy (non-hydrogen) atoms. The smallest absolute Gasteiger partial charge is 0.261 e. The molecule has 0 heterocycles. The van der Waals surface area contributed by atoms with Crippen LogP contribution < -0.4 is 10.4 Å². The van der Waals surface area contributed by atoms with E-state index >= 15 is 0 Å². The summed E-state index contributed by atoms with van der Waals surface area (Å²) >= 11 is 0. The molecule has 2 aromatic rings. The first-order valence-corrected chi connectivity index (χ1v) is 12.3. The van der Waals surface area contributed by atoms with Crippen molar-refractivity contribution in [1.82, 2.24) is 0 Å². The van der Waals surface area contributed by atoms with Crippen molar-refractivity contribution < 1.29 is 14.0 Å². The Morgan fingerprint density at radius 2 is 1.45 bits per heavy atom. The lowest BCUT2D eigenvalue weighted by molar-refractivity contribution is -0.118. The molecule has 0 aromatic heterocycles. The highest BCUT2D eigenvalue weighted by atomic mass is 28.4. The third kappa shape index (κ3) is 5.68. The minimum absolute atomic E-state index is 0.0164. The van der Waals surface area contributed by atoms with Crippen LogP contribution in [0.2, 0.25) is 5.04 Å². The zero-order valence-electron chi connectivity index (χ0n) is 18.2. The summed E-state index contributed by atoms with van der Waals surface area (Å²) < 4.78 is 12.0. The minimum atomic E-state index is -2.49. The van der Waals surface area contributed by atoms with Crippen LogP contribution in [0, 0.1) is 0 Å². The lowest BCUT2D eigenvalue weighted by Crippen LogP contribution is -2.66. The quantitative estimate of drug-likeness (QED) is 0.230. The fourth-order valence-electron chi connectivity index (χ4n) is 3.77. The first-order chi connectivity index (χ1) is 13.8. The minimum Gasteiger partial charge on any atom is -0.491 e. The number of ether oxygens (including phenoxy) is 1. The van der Waals surface area contributed by atoms with Crippen LogP contribution in [0.5, 0.6) is 0 Å². The van der Waals surface area contributed by atoms with Gasteiger partial charge < -0.3 is 9.16 Å². The van der Waals surface area contributed by atoms with Crippen molar-refractivity contribution in [3.8, 4) is 0 Å². The lowest BCUT2D eigenvalue weighted by atomic mass is 10.1. The number of unbranched alkanes of at least 4 members (excludes halogenated alkanes) is 1. The first-order valence-electron chi connectivity index (χ1n) is 10.4. The fraction of sp³-hybridized carbons (Fsp3) is 0.400. The van der Waals surface area contributed by atoms with Gasteiger partial charge in [-0.25, -0.2) is 0 Å². The predicted molar refractivity (Wildman–Crippen MR) is 123 cm³/mol. The van der Waals surface area contributed by atoms with E-state index in [9.17, 15) is 4.79 Å². The average molecular weight is 411 g/mol. The highest BCUT2D eigenvalue weighted by Gasteiger charge is 2.49. The average Bonchev–Trinajstić information content (AvgIpc) is 2.71. The van der Waals surface area contributed by atoms with Crippen molar-refractivity contribution >= 4 is 24.5 Å². The van der Waals surface area contributed by atoms with Gasteiger partial charge in [-0.05, 0) is 35.2 Å². The highest BCUT2D eigenvalue weighted by molar-refractivity contribution is 6.99. The van der Waals surface area contributed by atoms with Crippen molar-refractivity contribution in [3.63, 3.8) is 0 Å². The number of carbonyl (C=O) groups excluding carboxylic acids is 1. The van der Waals surface area contributed by atoms with Gasteiger partial charge in [0.2, 0.25) is 0 Å². The van der Waals surface area contributed by atoms with E-state index in [4.69, 9.17) is 9.16 Å². The van der Waals surface area contributed by atoms with Gasteiger partial charge in [-0.1, -0.05) is 88.0 Å². The molecular formula is C25H34O3Si. The molecule has 3 nitrogen and oxygen atoms in total. The number of allylic oxidation sites excluding steroid dienone is 1. The zero-order valence-corrected chi connectivity index (χ0v) is 19.2. The van der Waals surface area contributed by atoms with E-state index in [-0.39, 0.29) is 16.6 Å². The molecule has 2 aromatic carbocycles. The first kappa shape index (κ1) is 23.1. The molecule has 0 fully saturated rings. The monoisotopic (exact) mass is 410 g/mol. The van der Waals surface area contributed by atoms with Crippen molar-refractivity contribution in [3.05, 3.63) is 73.0 Å². The summed E-state index contributed by atoms with van der Waals surface area (Å²) in [5.41, 5.74) is 0. The molecule has 0 aliphatic heterocycles. The van der Waals surface area contributed by atoms with Gasteiger partial charge >= 0.3 is 0 Å². The Balaban J connectivity index is 2.17. The number of carbonyl (C=O) groups is 1. The van der Waals surface area contributed by atoms with Gasteiger partial charge in [-0.15, -0.1) is 0 Å². The van der Waals surface area contributed by atoms with E-state index in [1.54, 1.807) is 0 Å². The van der Waals surface area contributed by atoms with Crippen molar-refractivity contribution in [2.75, 3.05) is 13.2 Å². The van der Waals surface area contributed by atoms with Crippen LogP contribution in [-0.2, 0) is 14.0 Å². The van der Waals surface area contributed by atoms with Gasteiger partial charge in [-0.2, -0.15) is 0 Å². The maximum Gasteiger partial charge on any atom is 0.261 e. The fourth-order valence-corrected chi connectivity index (χ4v) is 8.37.